The van der Waals surface area contributed by atoms with Gasteiger partial charge in [-0.2, -0.15) is 6.92 Å². The van der Waals surface area contributed by atoms with E-state index in [9.17, 15) is 0 Å². The average molecular weight is 293 g/mol. The quantitative estimate of drug-likeness (QED) is 0.602. The van der Waals surface area contributed by atoms with Crippen LogP contribution in [-0.4, -0.2) is 0 Å². The maximum absolute atomic E-state index is 3.25. The molecule has 64 valence electrons. The summed E-state index contributed by atoms with van der Waals surface area (Å²) >= 11 is 0. The van der Waals surface area contributed by atoms with Gasteiger partial charge in [-0.1, -0.05) is 0 Å². The van der Waals surface area contributed by atoms with Crippen LogP contribution in [-0.2, 0) is 74.2 Å². The zero-order valence-electron chi connectivity index (χ0n) is 7.50. The second kappa shape index (κ2) is 222. The van der Waals surface area contributed by atoms with Gasteiger partial charge < -0.3 is 36.6 Å². The Labute approximate surface area is 117 Å². The van der Waals surface area contributed by atoms with E-state index in [1.54, 1.807) is 6.92 Å². The Morgan fingerprint density at radius 2 is 0.600 bits per heavy atom. The average Bonchev–Trinajstić information content (AvgIpc) is 1.00. The Kier molecular flexibility index (Phi) is 3160. The first-order chi connectivity index (χ1) is 1.00. The molecule has 0 heterocycles. The van der Waals surface area contributed by atoms with E-state index in [1.807, 2.05) is 0 Å². The summed E-state index contributed by atoms with van der Waals surface area (Å²) in [6, 6.07) is 0. The third-order valence-corrected chi connectivity index (χ3v) is 0. The Balaban J connectivity index is -0.000000000179. The van der Waals surface area contributed by atoms with E-state index in [0.717, 1.165) is 0 Å². The summed E-state index contributed by atoms with van der Waals surface area (Å²) in [7, 11) is 0. The smallest absolute Gasteiger partial charge is 0.358 e. The van der Waals surface area contributed by atoms with Gasteiger partial charge in [-0.05, 0) is 0 Å². The van der Waals surface area contributed by atoms with Gasteiger partial charge in [0.2, 0.25) is 0 Å². The van der Waals surface area contributed by atoms with Crippen LogP contribution >= 0.6 is 0 Å². The van der Waals surface area contributed by atoms with Crippen LogP contribution in [0, 0.1) is 36.6 Å². The van der Waals surface area contributed by atoms with Crippen LogP contribution in [0.1, 0.15) is 6.92 Å². The van der Waals surface area contributed by atoms with Gasteiger partial charge in [0, 0.05) is 55.7 Å². The Hall–Kier alpha value is 2.34. The Morgan fingerprint density at radius 1 is 0.600 bits per heavy atom. The van der Waals surface area contributed by atoms with E-state index < -0.39 is 0 Å². The summed E-state index contributed by atoms with van der Waals surface area (Å²) in [4.78, 5) is 0. The molecule has 0 nitrogen and oxygen atoms in total. The van der Waals surface area contributed by atoms with Crippen molar-refractivity contribution in [2.75, 3.05) is 0 Å². The van der Waals surface area contributed by atoms with Gasteiger partial charge in [-0.25, -0.2) is 0 Å². The third-order valence-electron chi connectivity index (χ3n) is 0. The van der Waals surface area contributed by atoms with Gasteiger partial charge in [-0.3, -0.25) is 0 Å². The molecule has 0 aromatic rings. The van der Waals surface area contributed by atoms with Crippen molar-refractivity contribution in [3.05, 3.63) is 36.6 Å². The van der Waals surface area contributed by atoms with Crippen molar-refractivity contribution in [1.29, 1.82) is 0 Å². The molecule has 0 spiro atoms. The van der Waals surface area contributed by atoms with Gasteiger partial charge in [0.05, 0.1) is 0 Å². The Bertz CT molecular complexity index is 9.71. The summed E-state index contributed by atoms with van der Waals surface area (Å²) in [5, 5.41) is 0. The van der Waals surface area contributed by atoms with Crippen molar-refractivity contribution in [3.8, 4) is 0 Å². The van der Waals surface area contributed by atoms with Crippen molar-refractivity contribution < 1.29 is 74.2 Å². The molecule has 0 saturated heterocycles. The van der Waals surface area contributed by atoms with Crippen molar-refractivity contribution in [2.45, 2.75) is 6.92 Å². The first-order valence-electron chi connectivity index (χ1n) is 0.707. The van der Waals surface area contributed by atoms with Crippen molar-refractivity contribution in [3.63, 3.8) is 0 Å². The molecule has 10 heavy (non-hydrogen) atoms. The van der Waals surface area contributed by atoms with Crippen LogP contribution in [0.5, 0.6) is 0 Å². The van der Waals surface area contributed by atoms with Gasteiger partial charge in [-0.15, -0.1) is 0 Å². The second-order valence-electron chi connectivity index (χ2n) is 0. The molecular formula is C6H17V4-3. The maximum Gasteiger partial charge on any atom is 2.00 e. The maximum atomic E-state index is 3.25. The summed E-state index contributed by atoms with van der Waals surface area (Å²) in [6.07, 6.45) is 0. The molecule has 0 aliphatic carbocycles. The van der Waals surface area contributed by atoms with E-state index in [0.29, 0.717) is 0 Å². The monoisotopic (exact) mass is 293 g/mol. The molecule has 0 aromatic carbocycles. The Morgan fingerprint density at radius 3 is 0.600 bits per heavy atom. The predicted molar refractivity (Wildman–Crippen MR) is 36.7 cm³/mol. The molecule has 0 aromatic heterocycles. The zero-order chi connectivity index (χ0) is 2.00. The van der Waals surface area contributed by atoms with E-state index in [-0.39, 0.29) is 104 Å². The fourth-order valence-electron chi connectivity index (χ4n) is 0. The SMILES string of the molecule is [CH2-]C.[CH3-].[CH3-].[CH3-].[CH3-].[V+2].[V].[V].[V]. The van der Waals surface area contributed by atoms with Crippen molar-refractivity contribution in [2.24, 2.45) is 0 Å². The molecule has 0 N–H and O–H groups in total. The van der Waals surface area contributed by atoms with Crippen LogP contribution in [0.3, 0.4) is 0 Å². The van der Waals surface area contributed by atoms with E-state index in [4.69, 9.17) is 0 Å². The fraction of sp³-hybridized carbons (Fsp3) is 0.167. The molecule has 4 radical (unpaired) electrons. The summed E-state index contributed by atoms with van der Waals surface area (Å²) < 4.78 is 0. The van der Waals surface area contributed by atoms with E-state index >= 15 is 0 Å². The molecule has 0 fully saturated rings. The fourth-order valence-corrected chi connectivity index (χ4v) is 0. The topological polar surface area (TPSA) is 0 Å². The number of hydrogen-bond donors (Lipinski definition) is 0. The zero-order valence-corrected chi connectivity index (χ0v) is 13.1. The van der Waals surface area contributed by atoms with Gasteiger partial charge in [0.25, 0.3) is 0 Å². The predicted octanol–water partition coefficient (Wildman–Crippen LogP) is 2.63. The van der Waals surface area contributed by atoms with Crippen LogP contribution in [0.2, 0.25) is 0 Å². The number of rotatable bonds is 0. The third kappa shape index (κ3) is 165. The van der Waals surface area contributed by atoms with Crippen molar-refractivity contribution >= 4 is 0 Å². The molecule has 0 amide bonds. The van der Waals surface area contributed by atoms with Crippen LogP contribution < -0.4 is 0 Å². The number of hydrogen-bond acceptors (Lipinski definition) is 0. The minimum atomic E-state index is 0. The summed E-state index contributed by atoms with van der Waals surface area (Å²) in [5.41, 5.74) is 0. The molecule has 0 aliphatic rings. The molecule has 0 unspecified atom stereocenters. The summed E-state index contributed by atoms with van der Waals surface area (Å²) in [5.74, 6) is 0. The van der Waals surface area contributed by atoms with Crippen molar-refractivity contribution in [1.82, 2.24) is 0 Å². The van der Waals surface area contributed by atoms with Gasteiger partial charge in [0.1, 0.15) is 0 Å². The van der Waals surface area contributed by atoms with Crippen LogP contribution in [0.15, 0.2) is 0 Å². The molecule has 4 heteroatoms. The molecule has 0 rings (SSSR count). The summed E-state index contributed by atoms with van der Waals surface area (Å²) in [6.45, 7) is 5.00. The first kappa shape index (κ1) is 142. The van der Waals surface area contributed by atoms with Crippen LogP contribution in [0.25, 0.3) is 0 Å². The molecule has 0 atom stereocenters. The van der Waals surface area contributed by atoms with Gasteiger partial charge in [0.15, 0.2) is 0 Å². The standard InChI is InChI=1S/C2H5.4CH3.4V/c1-2;;;;;;;;/h1H2,2H3;4*1H3;;;;/q5*-1;;;;+2. The first-order valence-corrected chi connectivity index (χ1v) is 0.707. The van der Waals surface area contributed by atoms with E-state index in [1.165, 1.54) is 0 Å². The van der Waals surface area contributed by atoms with Crippen LogP contribution in [0.4, 0.5) is 0 Å². The molecule has 0 aliphatic heterocycles. The largest absolute Gasteiger partial charge is 2.00 e. The van der Waals surface area contributed by atoms with Gasteiger partial charge >= 0.3 is 18.6 Å². The minimum absolute atomic E-state index is 0. The molecule has 0 saturated carbocycles. The van der Waals surface area contributed by atoms with E-state index in [2.05, 4.69) is 6.92 Å². The molecular weight excluding hydrogens is 276 g/mol. The molecule has 0 bridgehead atoms. The second-order valence-corrected chi connectivity index (χ2v) is 0. The normalized spacial score (nSPS) is 0.600. The minimum Gasteiger partial charge on any atom is -0.358 e.